The predicted molar refractivity (Wildman–Crippen MR) is 121 cm³/mol. The van der Waals surface area contributed by atoms with E-state index in [9.17, 15) is 9.59 Å². The van der Waals surface area contributed by atoms with E-state index in [0.29, 0.717) is 30.8 Å². The third-order valence-corrected chi connectivity index (χ3v) is 5.23. The zero-order valence-electron chi connectivity index (χ0n) is 16.8. The molecule has 0 bridgehead atoms. The van der Waals surface area contributed by atoms with Crippen molar-refractivity contribution >= 4 is 28.9 Å². The number of benzene rings is 3. The summed E-state index contributed by atoms with van der Waals surface area (Å²) in [7, 11) is 0. The fourth-order valence-corrected chi connectivity index (χ4v) is 3.75. The van der Waals surface area contributed by atoms with Crippen molar-refractivity contribution in [3.05, 3.63) is 90.0 Å². The summed E-state index contributed by atoms with van der Waals surface area (Å²) in [6.07, 6.45) is 2.07. The maximum atomic E-state index is 12.5. The topological polar surface area (TPSA) is 61.4 Å². The zero-order valence-corrected chi connectivity index (χ0v) is 16.8. The second-order valence-corrected chi connectivity index (χ2v) is 7.46. The van der Waals surface area contributed by atoms with Gasteiger partial charge in [0.25, 0.3) is 0 Å². The lowest BCUT2D eigenvalue weighted by atomic mass is 10.1. The highest BCUT2D eigenvalue weighted by Gasteiger charge is 2.20. The van der Waals surface area contributed by atoms with Crippen LogP contribution in [0.5, 0.6) is 0 Å². The Labute approximate surface area is 176 Å². The monoisotopic (exact) mass is 399 g/mol. The van der Waals surface area contributed by atoms with Crippen molar-refractivity contribution in [2.24, 2.45) is 0 Å². The van der Waals surface area contributed by atoms with Gasteiger partial charge in [0, 0.05) is 30.0 Å². The number of hydrogen-bond acceptors (Lipinski definition) is 3. The molecule has 1 aliphatic heterocycles. The molecule has 5 heteroatoms. The van der Waals surface area contributed by atoms with E-state index in [1.54, 1.807) is 6.07 Å². The Kier molecular flexibility index (Phi) is 6.09. The maximum Gasteiger partial charge on any atom is 0.243 e. The number of aryl methyl sites for hydroxylation is 1. The highest BCUT2D eigenvalue weighted by Crippen LogP contribution is 2.27. The molecule has 4 rings (SSSR count). The van der Waals surface area contributed by atoms with Crippen LogP contribution in [-0.2, 0) is 22.4 Å². The lowest BCUT2D eigenvalue weighted by Crippen LogP contribution is -2.31. The standard InChI is InChI=1S/C25H25N3O2/c29-24(14-13-19-7-2-1-3-8-19)26-21-10-6-11-22(17-21)27-25(30)18-28-16-15-20-9-4-5-12-23(20)28/h1-12,17H,13-16,18H2,(H,26,29)(H,27,30). The lowest BCUT2D eigenvalue weighted by Gasteiger charge is -2.19. The van der Waals surface area contributed by atoms with Crippen molar-refractivity contribution in [2.45, 2.75) is 19.3 Å². The summed E-state index contributed by atoms with van der Waals surface area (Å²) < 4.78 is 0. The second kappa shape index (κ2) is 9.27. The third kappa shape index (κ3) is 5.06. The Hall–Kier alpha value is -3.60. The molecular formula is C25H25N3O2. The minimum atomic E-state index is -0.0701. The number of nitrogens with one attached hydrogen (secondary N) is 2. The van der Waals surface area contributed by atoms with Crippen LogP contribution >= 0.6 is 0 Å². The molecule has 152 valence electrons. The summed E-state index contributed by atoms with van der Waals surface area (Å²) in [4.78, 5) is 26.9. The number of nitrogens with zero attached hydrogens (tertiary/aromatic N) is 1. The van der Waals surface area contributed by atoms with Gasteiger partial charge in [0.15, 0.2) is 0 Å². The van der Waals surface area contributed by atoms with Crippen molar-refractivity contribution in [2.75, 3.05) is 28.6 Å². The van der Waals surface area contributed by atoms with Crippen LogP contribution in [0.25, 0.3) is 0 Å². The molecule has 30 heavy (non-hydrogen) atoms. The molecule has 0 atom stereocenters. The molecule has 3 aromatic carbocycles. The quantitative estimate of drug-likeness (QED) is 0.624. The first-order chi connectivity index (χ1) is 14.7. The number of para-hydroxylation sites is 1. The summed E-state index contributed by atoms with van der Waals surface area (Å²) >= 11 is 0. The summed E-state index contributed by atoms with van der Waals surface area (Å²) in [5.74, 6) is -0.115. The van der Waals surface area contributed by atoms with Gasteiger partial charge >= 0.3 is 0 Å². The molecule has 2 amide bonds. The highest BCUT2D eigenvalue weighted by molar-refractivity contribution is 5.96. The summed E-state index contributed by atoms with van der Waals surface area (Å²) in [5, 5.41) is 5.85. The summed E-state index contributed by atoms with van der Waals surface area (Å²) in [6.45, 7) is 1.16. The number of carbonyl (C=O) groups excluding carboxylic acids is 2. The van der Waals surface area contributed by atoms with Gasteiger partial charge in [-0.2, -0.15) is 0 Å². The van der Waals surface area contributed by atoms with Gasteiger partial charge in [-0.05, 0) is 48.2 Å². The molecule has 0 fully saturated rings. The molecular weight excluding hydrogens is 374 g/mol. The van der Waals surface area contributed by atoms with E-state index < -0.39 is 0 Å². The Bertz CT molecular complexity index is 1030. The van der Waals surface area contributed by atoms with Crippen molar-refractivity contribution in [3.63, 3.8) is 0 Å². The summed E-state index contributed by atoms with van der Waals surface area (Å²) in [5.41, 5.74) is 4.90. The molecule has 1 heterocycles. The van der Waals surface area contributed by atoms with Crippen LogP contribution in [-0.4, -0.2) is 24.9 Å². The van der Waals surface area contributed by atoms with Crippen LogP contribution < -0.4 is 15.5 Å². The third-order valence-electron chi connectivity index (χ3n) is 5.23. The molecule has 0 aromatic heterocycles. The molecule has 0 saturated heterocycles. The van der Waals surface area contributed by atoms with Gasteiger partial charge in [-0.3, -0.25) is 9.59 Å². The van der Waals surface area contributed by atoms with E-state index in [-0.39, 0.29) is 11.8 Å². The first kappa shape index (κ1) is 19.7. The van der Waals surface area contributed by atoms with Gasteiger partial charge in [-0.1, -0.05) is 54.6 Å². The summed E-state index contributed by atoms with van der Waals surface area (Å²) in [6, 6.07) is 25.4. The molecule has 0 radical (unpaired) electrons. The van der Waals surface area contributed by atoms with E-state index >= 15 is 0 Å². The molecule has 5 nitrogen and oxygen atoms in total. The SMILES string of the molecule is O=C(CCc1ccccc1)Nc1cccc(NC(=O)CN2CCc3ccccc32)c1. The average Bonchev–Trinajstić information content (AvgIpc) is 3.16. The van der Waals surface area contributed by atoms with Crippen molar-refractivity contribution in [1.82, 2.24) is 0 Å². The van der Waals surface area contributed by atoms with Gasteiger partial charge in [-0.25, -0.2) is 0 Å². The second-order valence-electron chi connectivity index (χ2n) is 7.46. The van der Waals surface area contributed by atoms with Crippen LogP contribution in [0.2, 0.25) is 0 Å². The van der Waals surface area contributed by atoms with Crippen LogP contribution in [0.3, 0.4) is 0 Å². The van der Waals surface area contributed by atoms with Gasteiger partial charge in [0.1, 0.15) is 0 Å². The fourth-order valence-electron chi connectivity index (χ4n) is 3.75. The number of hydrogen-bond donors (Lipinski definition) is 2. The van der Waals surface area contributed by atoms with Crippen LogP contribution in [0, 0.1) is 0 Å². The van der Waals surface area contributed by atoms with Crippen LogP contribution in [0.1, 0.15) is 17.5 Å². The van der Waals surface area contributed by atoms with Crippen molar-refractivity contribution < 1.29 is 9.59 Å². The van der Waals surface area contributed by atoms with E-state index in [1.165, 1.54) is 5.56 Å². The average molecular weight is 399 g/mol. The Morgan fingerprint density at radius 1 is 0.800 bits per heavy atom. The lowest BCUT2D eigenvalue weighted by molar-refractivity contribution is -0.116. The van der Waals surface area contributed by atoms with E-state index in [0.717, 1.165) is 24.2 Å². The molecule has 2 N–H and O–H groups in total. The molecule has 0 saturated carbocycles. The number of anilines is 3. The number of rotatable bonds is 7. The van der Waals surface area contributed by atoms with Crippen molar-refractivity contribution in [1.29, 1.82) is 0 Å². The number of carbonyl (C=O) groups is 2. The van der Waals surface area contributed by atoms with Crippen LogP contribution in [0.15, 0.2) is 78.9 Å². The smallest absolute Gasteiger partial charge is 0.243 e. The minimum absolute atomic E-state index is 0.0454. The van der Waals surface area contributed by atoms with Crippen LogP contribution in [0.4, 0.5) is 17.1 Å². The first-order valence-electron chi connectivity index (χ1n) is 10.2. The largest absolute Gasteiger partial charge is 0.362 e. The maximum absolute atomic E-state index is 12.5. The fraction of sp³-hybridized carbons (Fsp3) is 0.200. The zero-order chi connectivity index (χ0) is 20.8. The normalized spacial score (nSPS) is 12.3. The van der Waals surface area contributed by atoms with Gasteiger partial charge in [0.2, 0.25) is 11.8 Å². The first-order valence-corrected chi connectivity index (χ1v) is 10.2. The molecule has 0 aliphatic carbocycles. The highest BCUT2D eigenvalue weighted by atomic mass is 16.2. The minimum Gasteiger partial charge on any atom is -0.362 e. The van der Waals surface area contributed by atoms with Gasteiger partial charge < -0.3 is 15.5 Å². The van der Waals surface area contributed by atoms with E-state index in [1.807, 2.05) is 60.7 Å². The molecule has 0 unspecified atom stereocenters. The Morgan fingerprint density at radius 3 is 2.30 bits per heavy atom. The Balaban J connectivity index is 1.30. The number of fused-ring (bicyclic) bond motifs is 1. The van der Waals surface area contributed by atoms with Gasteiger partial charge in [0.05, 0.1) is 6.54 Å². The molecule has 1 aliphatic rings. The number of amides is 2. The van der Waals surface area contributed by atoms with Gasteiger partial charge in [-0.15, -0.1) is 0 Å². The predicted octanol–water partition coefficient (Wildman–Crippen LogP) is 4.26. The van der Waals surface area contributed by atoms with E-state index in [4.69, 9.17) is 0 Å². The molecule has 3 aromatic rings. The van der Waals surface area contributed by atoms with E-state index in [2.05, 4.69) is 27.7 Å². The van der Waals surface area contributed by atoms with Crippen molar-refractivity contribution in [3.8, 4) is 0 Å². The molecule has 0 spiro atoms. The Morgan fingerprint density at radius 2 is 1.50 bits per heavy atom.